The van der Waals surface area contributed by atoms with Crippen LogP contribution < -0.4 is 5.73 Å². The van der Waals surface area contributed by atoms with Gasteiger partial charge in [0.05, 0.1) is 18.3 Å². The lowest BCUT2D eigenvalue weighted by Crippen LogP contribution is -2.39. The average Bonchev–Trinajstić information content (AvgIpc) is 2.71. The van der Waals surface area contributed by atoms with E-state index in [9.17, 15) is 0 Å². The minimum absolute atomic E-state index is 0.193. The van der Waals surface area contributed by atoms with Crippen LogP contribution in [0.25, 0.3) is 0 Å². The molecule has 5 nitrogen and oxygen atoms in total. The number of nitrogens with zero attached hydrogens (tertiary/aromatic N) is 3. The third-order valence-electron chi connectivity index (χ3n) is 3.45. The lowest BCUT2D eigenvalue weighted by molar-refractivity contribution is 0.0908. The molecule has 104 valence electrons. The van der Waals surface area contributed by atoms with Gasteiger partial charge in [-0.05, 0) is 20.4 Å². The lowest BCUT2D eigenvalue weighted by atomic mass is 10.0. The summed E-state index contributed by atoms with van der Waals surface area (Å²) in [7, 11) is 5.77. The van der Waals surface area contributed by atoms with Gasteiger partial charge in [-0.1, -0.05) is 6.92 Å². The summed E-state index contributed by atoms with van der Waals surface area (Å²) in [4.78, 5) is 2.26. The standard InChI is InChI=1S/C13H26N4O/c1-6-12-11(8-16(3)15-12)13(7-14)17(4)10(2)9-18-5/h8,10,13H,6-7,9,14H2,1-5H3. The number of likely N-dealkylation sites (N-methyl/N-ethyl adjacent to an activating group) is 1. The summed E-state index contributed by atoms with van der Waals surface area (Å²) in [6, 6.07) is 0.521. The predicted octanol–water partition coefficient (Wildman–Crippen LogP) is 0.949. The van der Waals surface area contributed by atoms with Gasteiger partial charge in [-0.25, -0.2) is 0 Å². The fourth-order valence-corrected chi connectivity index (χ4v) is 2.28. The maximum atomic E-state index is 5.95. The second kappa shape index (κ2) is 6.87. The molecule has 0 amide bonds. The molecule has 18 heavy (non-hydrogen) atoms. The molecule has 1 heterocycles. The van der Waals surface area contributed by atoms with E-state index in [0.29, 0.717) is 19.2 Å². The van der Waals surface area contributed by atoms with Crippen molar-refractivity contribution in [3.8, 4) is 0 Å². The van der Waals surface area contributed by atoms with E-state index < -0.39 is 0 Å². The smallest absolute Gasteiger partial charge is 0.0670 e. The Labute approximate surface area is 110 Å². The number of methoxy groups -OCH3 is 1. The number of nitrogens with two attached hydrogens (primary N) is 1. The first-order valence-corrected chi connectivity index (χ1v) is 6.48. The van der Waals surface area contributed by atoms with Crippen LogP contribution in [0.2, 0.25) is 0 Å². The molecule has 0 radical (unpaired) electrons. The van der Waals surface area contributed by atoms with Gasteiger partial charge in [0.25, 0.3) is 0 Å². The fourth-order valence-electron chi connectivity index (χ4n) is 2.28. The Morgan fingerprint density at radius 1 is 1.56 bits per heavy atom. The number of hydrogen-bond acceptors (Lipinski definition) is 4. The quantitative estimate of drug-likeness (QED) is 0.787. The van der Waals surface area contributed by atoms with E-state index in [1.807, 2.05) is 11.7 Å². The summed E-state index contributed by atoms with van der Waals surface area (Å²) in [5.74, 6) is 0. The zero-order valence-electron chi connectivity index (χ0n) is 12.2. The molecular weight excluding hydrogens is 228 g/mol. The predicted molar refractivity (Wildman–Crippen MR) is 73.5 cm³/mol. The lowest BCUT2D eigenvalue weighted by Gasteiger charge is -2.32. The second-order valence-electron chi connectivity index (χ2n) is 4.78. The molecule has 2 N–H and O–H groups in total. The van der Waals surface area contributed by atoms with Gasteiger partial charge >= 0.3 is 0 Å². The number of rotatable bonds is 7. The largest absolute Gasteiger partial charge is 0.383 e. The average molecular weight is 254 g/mol. The second-order valence-corrected chi connectivity index (χ2v) is 4.78. The van der Waals surface area contributed by atoms with Gasteiger partial charge in [0.15, 0.2) is 0 Å². The van der Waals surface area contributed by atoms with Crippen LogP contribution in [-0.2, 0) is 18.2 Å². The summed E-state index contributed by atoms with van der Waals surface area (Å²) >= 11 is 0. The van der Waals surface area contributed by atoms with Gasteiger partial charge in [-0.3, -0.25) is 9.58 Å². The Kier molecular flexibility index (Phi) is 5.78. The zero-order chi connectivity index (χ0) is 13.7. The molecule has 0 spiro atoms. The Morgan fingerprint density at radius 3 is 2.72 bits per heavy atom. The van der Waals surface area contributed by atoms with E-state index in [1.54, 1.807) is 7.11 Å². The van der Waals surface area contributed by atoms with Crippen molar-refractivity contribution in [2.75, 3.05) is 27.3 Å². The highest BCUT2D eigenvalue weighted by atomic mass is 16.5. The molecule has 0 aliphatic heterocycles. The van der Waals surface area contributed by atoms with Crippen molar-refractivity contribution in [3.63, 3.8) is 0 Å². The summed E-state index contributed by atoms with van der Waals surface area (Å²) in [5, 5.41) is 4.49. The van der Waals surface area contributed by atoms with Crippen LogP contribution in [0.1, 0.15) is 31.1 Å². The van der Waals surface area contributed by atoms with Crippen LogP contribution in [0, 0.1) is 0 Å². The third-order valence-corrected chi connectivity index (χ3v) is 3.45. The fraction of sp³-hybridized carbons (Fsp3) is 0.769. The van der Waals surface area contributed by atoms with Crippen LogP contribution >= 0.6 is 0 Å². The molecule has 0 aliphatic carbocycles. The van der Waals surface area contributed by atoms with Crippen LogP contribution in [0.3, 0.4) is 0 Å². The number of aromatic nitrogens is 2. The Hall–Kier alpha value is -0.910. The van der Waals surface area contributed by atoms with Gasteiger partial charge in [-0.2, -0.15) is 5.10 Å². The summed E-state index contributed by atoms with van der Waals surface area (Å²) in [6.45, 7) is 5.56. The highest BCUT2D eigenvalue weighted by Gasteiger charge is 2.24. The molecule has 2 unspecified atom stereocenters. The molecule has 0 bridgehead atoms. The highest BCUT2D eigenvalue weighted by molar-refractivity contribution is 5.22. The van der Waals surface area contributed by atoms with Crippen LogP contribution in [-0.4, -0.2) is 48.0 Å². The number of hydrogen-bond donors (Lipinski definition) is 1. The third kappa shape index (κ3) is 3.31. The van der Waals surface area contributed by atoms with Gasteiger partial charge < -0.3 is 10.5 Å². The van der Waals surface area contributed by atoms with Crippen molar-refractivity contribution >= 4 is 0 Å². The molecule has 0 aliphatic rings. The number of aryl methyl sites for hydroxylation is 2. The van der Waals surface area contributed by atoms with Crippen molar-refractivity contribution in [1.82, 2.24) is 14.7 Å². The first-order chi connectivity index (χ1) is 8.54. The molecule has 2 atom stereocenters. The minimum atomic E-state index is 0.193. The summed E-state index contributed by atoms with van der Waals surface area (Å²) in [5.41, 5.74) is 8.31. The van der Waals surface area contributed by atoms with Gasteiger partial charge in [0.1, 0.15) is 0 Å². The summed E-state index contributed by atoms with van der Waals surface area (Å²) < 4.78 is 7.08. The molecule has 0 aromatic carbocycles. The first-order valence-electron chi connectivity index (χ1n) is 6.48. The van der Waals surface area contributed by atoms with Crippen molar-refractivity contribution in [2.45, 2.75) is 32.4 Å². The normalized spacial score (nSPS) is 15.1. The van der Waals surface area contributed by atoms with Crippen LogP contribution in [0.5, 0.6) is 0 Å². The molecular formula is C13H26N4O. The van der Waals surface area contributed by atoms with Gasteiger partial charge in [0, 0.05) is 38.5 Å². The van der Waals surface area contributed by atoms with Gasteiger partial charge in [0.2, 0.25) is 0 Å². The maximum absolute atomic E-state index is 5.95. The van der Waals surface area contributed by atoms with E-state index in [0.717, 1.165) is 12.1 Å². The van der Waals surface area contributed by atoms with E-state index >= 15 is 0 Å². The van der Waals surface area contributed by atoms with Crippen molar-refractivity contribution in [3.05, 3.63) is 17.5 Å². The molecule has 0 fully saturated rings. The number of ether oxygens (including phenoxy) is 1. The first kappa shape index (κ1) is 15.1. The molecule has 0 saturated heterocycles. The van der Waals surface area contributed by atoms with Crippen LogP contribution in [0.15, 0.2) is 6.20 Å². The van der Waals surface area contributed by atoms with Gasteiger partial charge in [-0.15, -0.1) is 0 Å². The monoisotopic (exact) mass is 254 g/mol. The maximum Gasteiger partial charge on any atom is 0.0670 e. The van der Waals surface area contributed by atoms with Crippen LogP contribution in [0.4, 0.5) is 0 Å². The molecule has 1 aromatic heterocycles. The Morgan fingerprint density at radius 2 is 2.22 bits per heavy atom. The SMILES string of the molecule is CCc1nn(C)cc1C(CN)N(C)C(C)COC. The zero-order valence-corrected chi connectivity index (χ0v) is 12.2. The highest BCUT2D eigenvalue weighted by Crippen LogP contribution is 2.23. The van der Waals surface area contributed by atoms with E-state index in [-0.39, 0.29) is 6.04 Å². The van der Waals surface area contributed by atoms with Crippen molar-refractivity contribution < 1.29 is 4.74 Å². The molecule has 5 heteroatoms. The van der Waals surface area contributed by atoms with E-state index in [2.05, 4.69) is 37.1 Å². The molecule has 1 aromatic rings. The minimum Gasteiger partial charge on any atom is -0.383 e. The Balaban J connectivity index is 2.94. The van der Waals surface area contributed by atoms with E-state index in [1.165, 1.54) is 5.56 Å². The Bertz CT molecular complexity index is 364. The topological polar surface area (TPSA) is 56.3 Å². The molecule has 0 saturated carbocycles. The van der Waals surface area contributed by atoms with Crippen molar-refractivity contribution in [2.24, 2.45) is 12.8 Å². The van der Waals surface area contributed by atoms with Crippen molar-refractivity contribution in [1.29, 1.82) is 0 Å². The molecule has 1 rings (SSSR count). The summed E-state index contributed by atoms with van der Waals surface area (Å²) in [6.07, 6.45) is 3.01. The van der Waals surface area contributed by atoms with E-state index in [4.69, 9.17) is 10.5 Å².